The molecule has 1 N–H and O–H groups in total. The zero-order valence-electron chi connectivity index (χ0n) is 12.5. The average molecular weight is 314 g/mol. The van der Waals surface area contributed by atoms with Crippen molar-refractivity contribution in [2.75, 3.05) is 13.2 Å². The van der Waals surface area contributed by atoms with E-state index in [2.05, 4.69) is 44.3 Å². The van der Waals surface area contributed by atoms with Crippen LogP contribution in [0.2, 0.25) is 5.02 Å². The summed E-state index contributed by atoms with van der Waals surface area (Å²) in [6.45, 7) is 9.35. The van der Waals surface area contributed by atoms with Crippen LogP contribution in [0.3, 0.4) is 0 Å². The van der Waals surface area contributed by atoms with Gasteiger partial charge in [-0.3, -0.25) is 0 Å². The lowest BCUT2D eigenvalue weighted by molar-refractivity contribution is 0.127. The van der Waals surface area contributed by atoms with Gasteiger partial charge < -0.3 is 10.1 Å². The maximum absolute atomic E-state index is 6.41. The molecule has 1 saturated heterocycles. The van der Waals surface area contributed by atoms with E-state index < -0.39 is 0 Å². The molecule has 0 saturated carbocycles. The summed E-state index contributed by atoms with van der Waals surface area (Å²) < 4.78 is 5.60. The molecule has 0 radical (unpaired) electrons. The average Bonchev–Trinajstić information content (AvgIpc) is 2.78. The fraction of sp³-hybridized carbons (Fsp3) is 0.625. The summed E-state index contributed by atoms with van der Waals surface area (Å²) in [7, 11) is 0. The molecule has 1 fully saturated rings. The van der Waals surface area contributed by atoms with Gasteiger partial charge >= 0.3 is 0 Å². The van der Waals surface area contributed by atoms with Gasteiger partial charge in [0.15, 0.2) is 0 Å². The number of thioether (sulfide) groups is 1. The van der Waals surface area contributed by atoms with Crippen molar-refractivity contribution < 1.29 is 4.74 Å². The standard InChI is InChI=1S/C16H24ClNOS/c1-11(2)9-18-10-13-4-5-16(14(17)8-13)20-15-6-7-19-12(15)3/h4-5,8,11-12,15,18H,6-7,9-10H2,1-3H3. The molecule has 1 aromatic carbocycles. The Morgan fingerprint density at radius 1 is 1.45 bits per heavy atom. The topological polar surface area (TPSA) is 21.3 Å². The van der Waals surface area contributed by atoms with E-state index in [1.165, 1.54) is 10.5 Å². The number of hydrogen-bond donors (Lipinski definition) is 1. The summed E-state index contributed by atoms with van der Waals surface area (Å²) in [6.07, 6.45) is 1.43. The number of nitrogens with one attached hydrogen (secondary N) is 1. The van der Waals surface area contributed by atoms with Gasteiger partial charge in [0.2, 0.25) is 0 Å². The van der Waals surface area contributed by atoms with Crippen LogP contribution in [0.1, 0.15) is 32.8 Å². The molecule has 0 amide bonds. The highest BCUT2D eigenvalue weighted by molar-refractivity contribution is 8.00. The van der Waals surface area contributed by atoms with Crippen molar-refractivity contribution in [1.82, 2.24) is 5.32 Å². The van der Waals surface area contributed by atoms with Crippen molar-refractivity contribution in [2.45, 2.75) is 50.0 Å². The maximum atomic E-state index is 6.41. The minimum Gasteiger partial charge on any atom is -0.377 e. The Kier molecular flexibility index (Phi) is 6.21. The summed E-state index contributed by atoms with van der Waals surface area (Å²) in [4.78, 5) is 1.17. The third-order valence-corrected chi connectivity index (χ3v) is 5.42. The first kappa shape index (κ1) is 16.2. The first-order chi connectivity index (χ1) is 9.56. The Bertz CT molecular complexity index is 438. The predicted molar refractivity (Wildman–Crippen MR) is 87.7 cm³/mol. The number of halogens is 1. The van der Waals surface area contributed by atoms with Crippen molar-refractivity contribution >= 4 is 23.4 Å². The lowest BCUT2D eigenvalue weighted by atomic mass is 10.2. The van der Waals surface area contributed by atoms with Gasteiger partial charge in [0, 0.05) is 23.3 Å². The second kappa shape index (κ2) is 7.69. The van der Waals surface area contributed by atoms with Gasteiger partial charge in [0.05, 0.1) is 11.1 Å². The minimum atomic E-state index is 0.323. The molecule has 0 bridgehead atoms. The Labute approximate surface area is 131 Å². The Hall–Kier alpha value is -0.220. The van der Waals surface area contributed by atoms with Crippen LogP contribution in [0.15, 0.2) is 23.1 Å². The van der Waals surface area contributed by atoms with E-state index in [-0.39, 0.29) is 0 Å². The van der Waals surface area contributed by atoms with Gasteiger partial charge in [0.25, 0.3) is 0 Å². The number of ether oxygens (including phenoxy) is 1. The van der Waals surface area contributed by atoms with Gasteiger partial charge in [-0.1, -0.05) is 31.5 Å². The fourth-order valence-electron chi connectivity index (χ4n) is 2.29. The summed E-state index contributed by atoms with van der Waals surface area (Å²) >= 11 is 8.25. The van der Waals surface area contributed by atoms with E-state index in [9.17, 15) is 0 Å². The lowest BCUT2D eigenvalue weighted by Gasteiger charge is -2.15. The molecule has 1 heterocycles. The van der Waals surface area contributed by atoms with Crippen molar-refractivity contribution in [2.24, 2.45) is 5.92 Å². The fourth-order valence-corrected chi connectivity index (χ4v) is 3.75. The molecular formula is C16H24ClNOS. The number of rotatable bonds is 6. The van der Waals surface area contributed by atoms with Crippen LogP contribution in [0.5, 0.6) is 0 Å². The predicted octanol–water partition coefficient (Wildman–Crippen LogP) is 4.36. The van der Waals surface area contributed by atoms with Crippen LogP contribution in [0.4, 0.5) is 0 Å². The number of benzene rings is 1. The second-order valence-electron chi connectivity index (χ2n) is 5.81. The quantitative estimate of drug-likeness (QED) is 0.843. The molecule has 112 valence electrons. The molecule has 0 spiro atoms. The normalized spacial score (nSPS) is 22.6. The Morgan fingerprint density at radius 2 is 2.25 bits per heavy atom. The maximum Gasteiger partial charge on any atom is 0.0669 e. The number of hydrogen-bond acceptors (Lipinski definition) is 3. The molecule has 0 aliphatic carbocycles. The minimum absolute atomic E-state index is 0.323. The van der Waals surface area contributed by atoms with E-state index in [0.717, 1.165) is 31.1 Å². The lowest BCUT2D eigenvalue weighted by Crippen LogP contribution is -2.18. The van der Waals surface area contributed by atoms with Gasteiger partial charge in [-0.05, 0) is 43.5 Å². The summed E-state index contributed by atoms with van der Waals surface area (Å²) in [5, 5.41) is 4.83. The van der Waals surface area contributed by atoms with E-state index in [4.69, 9.17) is 16.3 Å². The Balaban J connectivity index is 1.91. The molecule has 1 aromatic rings. The smallest absolute Gasteiger partial charge is 0.0669 e. The molecule has 2 atom stereocenters. The van der Waals surface area contributed by atoms with Crippen LogP contribution >= 0.6 is 23.4 Å². The molecular weight excluding hydrogens is 290 g/mol. The third-order valence-electron chi connectivity index (χ3n) is 3.46. The van der Waals surface area contributed by atoms with E-state index in [1.807, 2.05) is 11.8 Å². The summed E-state index contributed by atoms with van der Waals surface area (Å²) in [5.74, 6) is 0.671. The Morgan fingerprint density at radius 3 is 2.85 bits per heavy atom. The SMILES string of the molecule is CC(C)CNCc1ccc(SC2CCOC2C)c(Cl)c1. The van der Waals surface area contributed by atoms with Gasteiger partial charge in [-0.15, -0.1) is 11.8 Å². The monoisotopic (exact) mass is 313 g/mol. The van der Waals surface area contributed by atoms with Crippen molar-refractivity contribution in [3.8, 4) is 0 Å². The van der Waals surface area contributed by atoms with Crippen LogP contribution in [-0.2, 0) is 11.3 Å². The highest BCUT2D eigenvalue weighted by Gasteiger charge is 2.25. The van der Waals surface area contributed by atoms with Crippen LogP contribution < -0.4 is 5.32 Å². The first-order valence-corrected chi connectivity index (χ1v) is 8.59. The third kappa shape index (κ3) is 4.66. The van der Waals surface area contributed by atoms with E-state index in [1.54, 1.807) is 0 Å². The van der Waals surface area contributed by atoms with Crippen LogP contribution in [0.25, 0.3) is 0 Å². The molecule has 0 aromatic heterocycles. The molecule has 2 unspecified atom stereocenters. The van der Waals surface area contributed by atoms with Crippen molar-refractivity contribution in [1.29, 1.82) is 0 Å². The zero-order valence-corrected chi connectivity index (χ0v) is 14.1. The molecule has 1 aliphatic heterocycles. The van der Waals surface area contributed by atoms with Crippen molar-refractivity contribution in [3.63, 3.8) is 0 Å². The molecule has 1 aliphatic rings. The summed E-state index contributed by atoms with van der Waals surface area (Å²) in [6, 6.07) is 6.39. The van der Waals surface area contributed by atoms with E-state index >= 15 is 0 Å². The van der Waals surface area contributed by atoms with Gasteiger partial charge in [-0.25, -0.2) is 0 Å². The molecule has 20 heavy (non-hydrogen) atoms. The van der Waals surface area contributed by atoms with Crippen LogP contribution in [-0.4, -0.2) is 24.5 Å². The highest BCUT2D eigenvalue weighted by atomic mass is 35.5. The van der Waals surface area contributed by atoms with E-state index in [0.29, 0.717) is 17.3 Å². The van der Waals surface area contributed by atoms with Gasteiger partial charge in [0.1, 0.15) is 0 Å². The second-order valence-corrected chi connectivity index (χ2v) is 7.50. The zero-order chi connectivity index (χ0) is 14.5. The highest BCUT2D eigenvalue weighted by Crippen LogP contribution is 2.36. The molecule has 2 nitrogen and oxygen atoms in total. The first-order valence-electron chi connectivity index (χ1n) is 7.33. The summed E-state index contributed by atoms with van der Waals surface area (Å²) in [5.41, 5.74) is 1.25. The van der Waals surface area contributed by atoms with Gasteiger partial charge in [-0.2, -0.15) is 0 Å². The largest absolute Gasteiger partial charge is 0.377 e. The van der Waals surface area contributed by atoms with Crippen molar-refractivity contribution in [3.05, 3.63) is 28.8 Å². The molecule has 4 heteroatoms. The molecule has 2 rings (SSSR count). The van der Waals surface area contributed by atoms with Crippen LogP contribution in [0, 0.1) is 5.92 Å².